The molecule has 0 bridgehead atoms. The van der Waals surface area contributed by atoms with E-state index in [2.05, 4.69) is 46.7 Å². The average molecular weight is 1120 g/mol. The number of aryl methyl sites for hydroxylation is 1. The van der Waals surface area contributed by atoms with Crippen LogP contribution in [0, 0.1) is 28.0 Å². The van der Waals surface area contributed by atoms with E-state index in [1.54, 1.807) is 41.3 Å². The highest BCUT2D eigenvalue weighted by Crippen LogP contribution is 2.55. The van der Waals surface area contributed by atoms with Gasteiger partial charge in [-0.1, -0.05) is 55.4 Å². The second-order valence-electron chi connectivity index (χ2n) is 23.7. The maximum atomic E-state index is 14.7. The van der Waals surface area contributed by atoms with Crippen LogP contribution in [0.1, 0.15) is 142 Å². The number of nitrogens with one attached hydrogen (secondary N) is 1. The molecule has 1 saturated carbocycles. The molecule has 1 spiro atoms. The number of pyridine rings is 1. The predicted octanol–water partition coefficient (Wildman–Crippen LogP) is 8.45. The number of carbonyl (C=O) groups excluding carboxylic acids is 2. The number of nitrogen functional groups attached to an aromatic ring is 1. The Morgan fingerprint density at radius 2 is 1.79 bits per heavy atom. The van der Waals surface area contributed by atoms with E-state index in [9.17, 15) is 24.3 Å². The van der Waals surface area contributed by atoms with Crippen LogP contribution in [0.5, 0.6) is 17.5 Å². The predicted molar refractivity (Wildman–Crippen MR) is 296 cm³/mol. The van der Waals surface area contributed by atoms with Crippen LogP contribution in [0.4, 0.5) is 9.39 Å². The molecule has 0 radical (unpaired) electrons. The summed E-state index contributed by atoms with van der Waals surface area (Å²) in [5.41, 5.74) is 10.7. The number of halogens is 1. The number of nitrogens with two attached hydrogens (primary N) is 1. The van der Waals surface area contributed by atoms with Crippen molar-refractivity contribution in [2.45, 2.75) is 134 Å². The van der Waals surface area contributed by atoms with Gasteiger partial charge in [0.2, 0.25) is 23.6 Å². The number of ether oxygens (including phenoxy) is 2. The number of amides is 2. The Balaban J connectivity index is 0.694. The number of anilines is 1. The zero-order valence-electron chi connectivity index (χ0n) is 45.8. The van der Waals surface area contributed by atoms with Crippen molar-refractivity contribution in [3.05, 3.63) is 118 Å². The molecule has 20 nitrogen and oxygen atoms in total. The molecule has 3 fully saturated rings. The molecule has 5 atom stereocenters. The highest BCUT2D eigenvalue weighted by molar-refractivity contribution is 7.16. The number of aliphatic hydroxyl groups excluding tert-OH is 1. The third kappa shape index (κ3) is 10.6. The summed E-state index contributed by atoms with van der Waals surface area (Å²) in [5.74, 6) is 1.10. The summed E-state index contributed by atoms with van der Waals surface area (Å²) in [6.45, 7) is 10.7. The minimum absolute atomic E-state index is 0.0135. The van der Waals surface area contributed by atoms with Crippen LogP contribution in [0.2, 0.25) is 0 Å². The van der Waals surface area contributed by atoms with Gasteiger partial charge in [0.15, 0.2) is 23.0 Å². The standard InChI is InChI=1S/C59H65FN14O6S/c1-34(35-11-13-37(14-12-35)49-42(60)9-7-21-65-49)66-55(76)44-24-38(75)29-73(44)56(77)51(57(2,3)4)74-30-43(69-71-74)36-15-22-72(23-16-36)31-58(19-20-58)32-78-46-25-47(79-39-27-63-33-64-28-39)68-54(67-46)50-40-8-5-17-59(52(40)80-70-50)18-6-10-45-48(59)41(26-61)53(62)81-45/h7,9,11-14,21,25,27-28,30,33-34,36,38,44,51,75H,5-6,8,10,15-20,22-24,29,31-32,62H2,1-4H3,(H,66,76)/t34-,38+,44-,51+,59-/m0/s1. The van der Waals surface area contributed by atoms with Crippen molar-refractivity contribution in [2.75, 3.05) is 38.5 Å². The number of nitriles is 1. The number of aliphatic hydroxyl groups is 1. The highest BCUT2D eigenvalue weighted by Gasteiger charge is 2.50. The fraction of sp³-hybridized carbons (Fsp3) is 0.475. The van der Waals surface area contributed by atoms with Crippen LogP contribution in [0.25, 0.3) is 22.8 Å². The fourth-order valence-corrected chi connectivity index (χ4v) is 14.0. The number of rotatable bonds is 15. The van der Waals surface area contributed by atoms with Crippen molar-refractivity contribution < 1.29 is 33.1 Å². The van der Waals surface area contributed by atoms with Crippen molar-refractivity contribution in [1.29, 1.82) is 5.26 Å². The van der Waals surface area contributed by atoms with E-state index in [0.29, 0.717) is 52.3 Å². The van der Waals surface area contributed by atoms with Crippen molar-refractivity contribution in [3.8, 4) is 46.4 Å². The summed E-state index contributed by atoms with van der Waals surface area (Å²) in [5, 5.41) is 38.6. The minimum atomic E-state index is -0.897. The van der Waals surface area contributed by atoms with Gasteiger partial charge in [-0.15, -0.1) is 16.4 Å². The Morgan fingerprint density at radius 1 is 1.04 bits per heavy atom. The number of hydrogen-bond donors (Lipinski definition) is 3. The lowest BCUT2D eigenvalue weighted by Crippen LogP contribution is -2.50. The molecular weight excluding hydrogens is 1050 g/mol. The molecule has 2 amide bonds. The number of hydrogen-bond acceptors (Lipinski definition) is 18. The molecule has 3 aliphatic carbocycles. The molecule has 5 aliphatic rings. The zero-order chi connectivity index (χ0) is 56.2. The summed E-state index contributed by atoms with van der Waals surface area (Å²) >= 11 is 1.51. The fourth-order valence-electron chi connectivity index (χ4n) is 12.8. The third-order valence-electron chi connectivity index (χ3n) is 17.1. The first-order valence-corrected chi connectivity index (χ1v) is 28.8. The van der Waals surface area contributed by atoms with Gasteiger partial charge in [-0.05, 0) is 113 Å². The van der Waals surface area contributed by atoms with Gasteiger partial charge in [0.05, 0.1) is 53.9 Å². The van der Waals surface area contributed by atoms with Crippen molar-refractivity contribution in [2.24, 2.45) is 10.8 Å². The van der Waals surface area contributed by atoms with Crippen molar-refractivity contribution in [3.63, 3.8) is 0 Å². The largest absolute Gasteiger partial charge is 0.477 e. The molecule has 0 unspecified atom stereocenters. The third-order valence-corrected chi connectivity index (χ3v) is 18.1. The lowest BCUT2D eigenvalue weighted by Gasteiger charge is -2.39. The Kier molecular flexibility index (Phi) is 14.4. The van der Waals surface area contributed by atoms with E-state index >= 15 is 0 Å². The van der Waals surface area contributed by atoms with E-state index < -0.39 is 40.9 Å². The minimum Gasteiger partial charge on any atom is -0.477 e. The molecule has 420 valence electrons. The van der Waals surface area contributed by atoms with E-state index in [-0.39, 0.29) is 47.7 Å². The molecule has 2 saturated heterocycles. The zero-order valence-corrected chi connectivity index (χ0v) is 46.7. The number of benzene rings is 1. The number of nitrogens with zero attached hydrogens (tertiary/aromatic N) is 12. The van der Waals surface area contributed by atoms with Crippen LogP contribution in [0.15, 0.2) is 78.1 Å². The molecule has 6 aromatic heterocycles. The van der Waals surface area contributed by atoms with Gasteiger partial charge in [-0.25, -0.2) is 19.0 Å². The lowest BCUT2D eigenvalue weighted by molar-refractivity contribution is -0.144. The second kappa shape index (κ2) is 21.6. The number of likely N-dealkylation sites (tertiary alicyclic amines) is 2. The van der Waals surface area contributed by atoms with Crippen LogP contribution in [0.3, 0.4) is 0 Å². The number of piperidine rings is 1. The summed E-state index contributed by atoms with van der Waals surface area (Å²) in [4.78, 5) is 56.0. The first-order valence-electron chi connectivity index (χ1n) is 28.0. The van der Waals surface area contributed by atoms with Gasteiger partial charge < -0.3 is 40.0 Å². The summed E-state index contributed by atoms with van der Waals surface area (Å²) in [6, 6.07) is 12.0. The monoisotopic (exact) mass is 1120 g/mol. The Bertz CT molecular complexity index is 3510. The smallest absolute Gasteiger partial charge is 0.248 e. The lowest BCUT2D eigenvalue weighted by atomic mass is 9.63. The summed E-state index contributed by atoms with van der Waals surface area (Å²) in [7, 11) is 0. The molecule has 8 heterocycles. The molecule has 7 aromatic rings. The quantitative estimate of drug-likeness (QED) is 0.0869. The van der Waals surface area contributed by atoms with Gasteiger partial charge in [0, 0.05) is 59.2 Å². The molecule has 2 aliphatic heterocycles. The topological polar surface area (TPSA) is 262 Å². The number of aromatic nitrogens is 9. The van der Waals surface area contributed by atoms with Gasteiger partial charge in [0.1, 0.15) is 41.0 Å². The highest BCUT2D eigenvalue weighted by atomic mass is 32.1. The average Bonchev–Trinajstić information content (AvgIpc) is 3.31. The molecule has 12 rings (SSSR count). The summed E-state index contributed by atoms with van der Waals surface area (Å²) in [6.07, 6.45) is 16.0. The van der Waals surface area contributed by atoms with Crippen molar-refractivity contribution in [1.82, 2.24) is 60.2 Å². The van der Waals surface area contributed by atoms with Crippen LogP contribution in [-0.4, -0.2) is 117 Å². The Morgan fingerprint density at radius 3 is 2.52 bits per heavy atom. The maximum Gasteiger partial charge on any atom is 0.248 e. The van der Waals surface area contributed by atoms with Gasteiger partial charge in [-0.3, -0.25) is 14.6 Å². The van der Waals surface area contributed by atoms with Crippen LogP contribution in [-0.2, 0) is 27.8 Å². The van der Waals surface area contributed by atoms with Gasteiger partial charge in [0.25, 0.3) is 0 Å². The number of β-amino-alcohol motifs (C(OH)–C–C–N with tert-alkyl or cyclic N) is 1. The number of carbonyl (C=O) groups is 2. The molecular formula is C59H65FN14O6S. The van der Waals surface area contributed by atoms with Gasteiger partial charge in [-0.2, -0.15) is 15.2 Å². The SMILES string of the molecule is C[C@H](NC(=O)[C@@H]1C[C@@H](O)CN1C(=O)[C@@H](n1cc(C2CCN(CC3(COc4cc(Oc5cncnc5)nc(-c5noc6c5CCC[C@@]65CCCc6sc(N)c(C#N)c65)n4)CC3)CC2)nn1)C(C)(C)C)c1ccc(-c2ncccc2F)cc1. The number of thiophene rings is 1. The van der Waals surface area contributed by atoms with E-state index in [4.69, 9.17) is 29.7 Å². The number of fused-ring (bicyclic) bond motifs is 4. The van der Waals surface area contributed by atoms with E-state index in [1.807, 2.05) is 46.0 Å². The van der Waals surface area contributed by atoms with Gasteiger partial charge >= 0.3 is 0 Å². The van der Waals surface area contributed by atoms with Crippen LogP contribution < -0.4 is 20.5 Å². The maximum absolute atomic E-state index is 14.7. The van der Waals surface area contributed by atoms with Crippen molar-refractivity contribution >= 4 is 28.2 Å². The molecule has 22 heteroatoms. The first kappa shape index (κ1) is 53.9. The normalized spacial score (nSPS) is 21.4. The van der Waals surface area contributed by atoms with E-state index in [0.717, 1.165) is 110 Å². The Hall–Kier alpha value is -7.74. The molecule has 1 aromatic carbocycles. The van der Waals surface area contributed by atoms with Crippen LogP contribution >= 0.6 is 11.3 Å². The first-order chi connectivity index (χ1) is 39.1. The van der Waals surface area contributed by atoms with E-state index in [1.165, 1.54) is 34.8 Å². The summed E-state index contributed by atoms with van der Waals surface area (Å²) < 4.78 is 35.2. The molecule has 81 heavy (non-hydrogen) atoms. The second-order valence-corrected chi connectivity index (χ2v) is 24.9. The molecule has 4 N–H and O–H groups in total. The Labute approximate surface area is 472 Å².